The van der Waals surface area contributed by atoms with Crippen LogP contribution in [0.3, 0.4) is 0 Å². The minimum absolute atomic E-state index is 0.134. The number of nitrogens with one attached hydrogen (secondary N) is 2. The maximum Gasteiger partial charge on any atom is 0.234 e. The van der Waals surface area contributed by atoms with Crippen LogP contribution in [0.5, 0.6) is 0 Å². The quantitative estimate of drug-likeness (QED) is 0.808. The lowest BCUT2D eigenvalue weighted by atomic mass is 10.3. The van der Waals surface area contributed by atoms with E-state index in [-0.39, 0.29) is 28.6 Å². The van der Waals surface area contributed by atoms with Gasteiger partial charge in [0, 0.05) is 11.9 Å². The molecule has 0 fully saturated rings. The van der Waals surface area contributed by atoms with Crippen LogP contribution < -0.4 is 10.6 Å². The number of pyridine rings is 1. The van der Waals surface area contributed by atoms with Gasteiger partial charge in [0.15, 0.2) is 0 Å². The highest BCUT2D eigenvalue weighted by atomic mass is 32.2. The van der Waals surface area contributed by atoms with Crippen molar-refractivity contribution in [3.05, 3.63) is 60.2 Å². The molecule has 5 nitrogen and oxygen atoms in total. The Kier molecular flexibility index (Phi) is 6.74. The Labute approximate surface area is 144 Å². The van der Waals surface area contributed by atoms with Crippen LogP contribution in [0.1, 0.15) is 12.6 Å². The van der Waals surface area contributed by atoms with Crippen LogP contribution in [0.2, 0.25) is 0 Å². The highest BCUT2D eigenvalue weighted by Crippen LogP contribution is 2.13. The number of hydrogen-bond acceptors (Lipinski definition) is 4. The highest BCUT2D eigenvalue weighted by Gasteiger charge is 2.15. The first kappa shape index (κ1) is 17.9. The van der Waals surface area contributed by atoms with E-state index in [1.165, 1.54) is 36.0 Å². The molecule has 1 unspecified atom stereocenters. The van der Waals surface area contributed by atoms with Gasteiger partial charge in [0.1, 0.15) is 5.82 Å². The molecule has 0 radical (unpaired) electrons. The lowest BCUT2D eigenvalue weighted by molar-refractivity contribution is -0.120. The summed E-state index contributed by atoms with van der Waals surface area (Å²) in [6.07, 6.45) is 1.67. The fourth-order valence-electron chi connectivity index (χ4n) is 1.83. The van der Waals surface area contributed by atoms with Gasteiger partial charge in [-0.2, -0.15) is 0 Å². The summed E-state index contributed by atoms with van der Waals surface area (Å²) in [5.41, 5.74) is 1.30. The molecule has 2 N–H and O–H groups in total. The first-order valence-electron chi connectivity index (χ1n) is 7.39. The van der Waals surface area contributed by atoms with E-state index in [2.05, 4.69) is 15.6 Å². The molecule has 1 aromatic carbocycles. The van der Waals surface area contributed by atoms with Gasteiger partial charge < -0.3 is 10.6 Å². The van der Waals surface area contributed by atoms with Crippen molar-refractivity contribution in [1.82, 2.24) is 10.3 Å². The number of nitrogens with zero attached hydrogens (tertiary/aromatic N) is 1. The summed E-state index contributed by atoms with van der Waals surface area (Å²) in [4.78, 5) is 28.0. The molecule has 24 heavy (non-hydrogen) atoms. The summed E-state index contributed by atoms with van der Waals surface area (Å²) in [6.45, 7) is 2.09. The van der Waals surface area contributed by atoms with E-state index in [1.54, 1.807) is 13.1 Å². The second kappa shape index (κ2) is 9.02. The number of benzene rings is 1. The van der Waals surface area contributed by atoms with Crippen LogP contribution in [0.15, 0.2) is 48.7 Å². The van der Waals surface area contributed by atoms with E-state index < -0.39 is 0 Å². The predicted molar refractivity (Wildman–Crippen MR) is 93.0 cm³/mol. The van der Waals surface area contributed by atoms with Crippen LogP contribution in [-0.4, -0.2) is 27.8 Å². The molecule has 2 rings (SSSR count). The Morgan fingerprint density at radius 2 is 1.96 bits per heavy atom. The summed E-state index contributed by atoms with van der Waals surface area (Å²) in [7, 11) is 0. The Bertz CT molecular complexity index is 680. The van der Waals surface area contributed by atoms with Crippen LogP contribution in [0.25, 0.3) is 0 Å². The van der Waals surface area contributed by atoms with Crippen molar-refractivity contribution in [2.24, 2.45) is 0 Å². The van der Waals surface area contributed by atoms with Crippen molar-refractivity contribution >= 4 is 29.3 Å². The second-order valence-corrected chi connectivity index (χ2v) is 6.38. The molecular formula is C17H18FN3O2S. The predicted octanol–water partition coefficient (Wildman–Crippen LogP) is 2.60. The third kappa shape index (κ3) is 6.00. The van der Waals surface area contributed by atoms with E-state index in [0.717, 1.165) is 5.69 Å². The molecule has 0 aliphatic heterocycles. The molecule has 1 aromatic heterocycles. The molecule has 0 saturated carbocycles. The van der Waals surface area contributed by atoms with Gasteiger partial charge in [-0.3, -0.25) is 14.6 Å². The Hall–Kier alpha value is -2.41. The van der Waals surface area contributed by atoms with Crippen LogP contribution in [0, 0.1) is 5.82 Å². The van der Waals surface area contributed by atoms with E-state index in [4.69, 9.17) is 0 Å². The van der Waals surface area contributed by atoms with Gasteiger partial charge in [0.05, 0.1) is 23.2 Å². The molecule has 0 saturated heterocycles. The average molecular weight is 347 g/mol. The van der Waals surface area contributed by atoms with Crippen LogP contribution in [0.4, 0.5) is 10.1 Å². The normalized spacial score (nSPS) is 11.6. The number of rotatable bonds is 7. The molecule has 0 spiro atoms. The second-order valence-electron chi connectivity index (χ2n) is 5.05. The molecule has 1 atom stereocenters. The average Bonchev–Trinajstić information content (AvgIpc) is 2.60. The summed E-state index contributed by atoms with van der Waals surface area (Å²) in [5.74, 6) is -0.618. The maximum absolute atomic E-state index is 12.8. The van der Waals surface area contributed by atoms with Crippen molar-refractivity contribution in [2.75, 3.05) is 11.1 Å². The molecule has 1 heterocycles. The molecule has 0 bridgehead atoms. The summed E-state index contributed by atoms with van der Waals surface area (Å²) >= 11 is 1.23. The number of aromatic nitrogens is 1. The fourth-order valence-corrected chi connectivity index (χ4v) is 2.54. The highest BCUT2D eigenvalue weighted by molar-refractivity contribution is 8.01. The Morgan fingerprint density at radius 3 is 2.62 bits per heavy atom. The van der Waals surface area contributed by atoms with Crippen LogP contribution in [-0.2, 0) is 16.1 Å². The molecule has 7 heteroatoms. The zero-order valence-electron chi connectivity index (χ0n) is 13.2. The number of halogens is 1. The molecule has 2 aromatic rings. The molecule has 0 aliphatic rings. The van der Waals surface area contributed by atoms with Crippen molar-refractivity contribution in [3.63, 3.8) is 0 Å². The molecule has 2 amide bonds. The minimum atomic E-state index is -0.368. The van der Waals surface area contributed by atoms with Gasteiger partial charge in [0.25, 0.3) is 0 Å². The summed E-state index contributed by atoms with van der Waals surface area (Å²) < 4.78 is 12.8. The number of carbonyl (C=O) groups excluding carboxylic acids is 2. The number of carbonyl (C=O) groups is 2. The van der Waals surface area contributed by atoms with E-state index in [9.17, 15) is 14.0 Å². The number of thioether (sulfide) groups is 1. The van der Waals surface area contributed by atoms with E-state index >= 15 is 0 Å². The third-order valence-corrected chi connectivity index (χ3v) is 4.27. The number of anilines is 1. The largest absolute Gasteiger partial charge is 0.349 e. The third-order valence-electron chi connectivity index (χ3n) is 3.13. The van der Waals surface area contributed by atoms with Crippen molar-refractivity contribution < 1.29 is 14.0 Å². The molecular weight excluding hydrogens is 329 g/mol. The lowest BCUT2D eigenvalue weighted by Crippen LogP contribution is -2.31. The summed E-state index contributed by atoms with van der Waals surface area (Å²) in [6, 6.07) is 11.0. The van der Waals surface area contributed by atoms with Crippen LogP contribution >= 0.6 is 11.8 Å². The zero-order chi connectivity index (χ0) is 17.4. The number of hydrogen-bond donors (Lipinski definition) is 2. The van der Waals surface area contributed by atoms with Gasteiger partial charge >= 0.3 is 0 Å². The van der Waals surface area contributed by atoms with Gasteiger partial charge in [-0.15, -0.1) is 11.8 Å². The van der Waals surface area contributed by atoms with E-state index in [0.29, 0.717) is 12.2 Å². The maximum atomic E-state index is 12.8. The Morgan fingerprint density at radius 1 is 1.21 bits per heavy atom. The smallest absolute Gasteiger partial charge is 0.234 e. The van der Waals surface area contributed by atoms with Crippen molar-refractivity contribution in [2.45, 2.75) is 18.7 Å². The van der Waals surface area contributed by atoms with Gasteiger partial charge in [-0.05, 0) is 43.3 Å². The fraction of sp³-hybridized carbons (Fsp3) is 0.235. The van der Waals surface area contributed by atoms with Gasteiger partial charge in [-0.25, -0.2) is 4.39 Å². The SMILES string of the molecule is CC(SCC(=O)Nc1ccc(F)cc1)C(=O)NCc1ccccn1. The standard InChI is InChI=1S/C17H18FN3O2S/c1-12(17(23)20-10-15-4-2-3-9-19-15)24-11-16(22)21-14-7-5-13(18)6-8-14/h2-9,12H,10-11H2,1H3,(H,20,23)(H,21,22). The minimum Gasteiger partial charge on any atom is -0.349 e. The van der Waals surface area contributed by atoms with Crippen molar-refractivity contribution in [3.8, 4) is 0 Å². The first-order valence-corrected chi connectivity index (χ1v) is 8.44. The number of amides is 2. The lowest BCUT2D eigenvalue weighted by Gasteiger charge is -2.12. The Balaban J connectivity index is 1.71. The van der Waals surface area contributed by atoms with Gasteiger partial charge in [0.2, 0.25) is 11.8 Å². The zero-order valence-corrected chi connectivity index (χ0v) is 14.0. The molecule has 126 valence electrons. The first-order chi connectivity index (χ1) is 11.5. The topological polar surface area (TPSA) is 71.1 Å². The monoisotopic (exact) mass is 347 g/mol. The van der Waals surface area contributed by atoms with E-state index in [1.807, 2.05) is 18.2 Å². The molecule has 0 aliphatic carbocycles. The van der Waals surface area contributed by atoms with Crippen molar-refractivity contribution in [1.29, 1.82) is 0 Å². The summed E-state index contributed by atoms with van der Waals surface area (Å²) in [5, 5.41) is 5.07. The van der Waals surface area contributed by atoms with Gasteiger partial charge in [-0.1, -0.05) is 6.07 Å².